The number of carbonyl (C=O) groups is 1. The van der Waals surface area contributed by atoms with Crippen LogP contribution in [0.25, 0.3) is 0 Å². The van der Waals surface area contributed by atoms with E-state index in [2.05, 4.69) is 5.32 Å². The molecule has 86 valence electrons. The van der Waals surface area contributed by atoms with Crippen LogP contribution in [0.5, 0.6) is 0 Å². The number of carbonyl (C=O) groups excluding carboxylic acids is 1. The molecule has 16 heavy (non-hydrogen) atoms. The van der Waals surface area contributed by atoms with Crippen molar-refractivity contribution in [2.75, 3.05) is 6.61 Å². The predicted molar refractivity (Wildman–Crippen MR) is 52.9 cm³/mol. The lowest BCUT2D eigenvalue weighted by Gasteiger charge is -2.14. The maximum Gasteiger partial charge on any atom is 0.254 e. The number of halogens is 2. The Morgan fingerprint density at radius 1 is 1.44 bits per heavy atom. The van der Waals surface area contributed by atoms with E-state index in [0.717, 1.165) is 6.07 Å². The van der Waals surface area contributed by atoms with Gasteiger partial charge < -0.3 is 10.4 Å². The second-order valence-electron chi connectivity index (χ2n) is 3.99. The molecule has 1 aromatic carbocycles. The van der Waals surface area contributed by atoms with E-state index in [9.17, 15) is 13.6 Å². The fourth-order valence-corrected chi connectivity index (χ4v) is 1.46. The third-order valence-electron chi connectivity index (χ3n) is 2.73. The zero-order valence-corrected chi connectivity index (χ0v) is 8.46. The van der Waals surface area contributed by atoms with Gasteiger partial charge in [0.1, 0.15) is 0 Å². The second kappa shape index (κ2) is 3.83. The lowest BCUT2D eigenvalue weighted by atomic mass is 10.1. The van der Waals surface area contributed by atoms with E-state index >= 15 is 0 Å². The van der Waals surface area contributed by atoms with Crippen molar-refractivity contribution in [1.29, 1.82) is 0 Å². The number of aliphatic hydroxyl groups excluding tert-OH is 1. The van der Waals surface area contributed by atoms with Crippen LogP contribution in [0.1, 0.15) is 23.2 Å². The Bertz CT molecular complexity index is 430. The number of rotatable bonds is 3. The molecule has 0 saturated heterocycles. The van der Waals surface area contributed by atoms with Gasteiger partial charge in [-0.2, -0.15) is 0 Å². The van der Waals surface area contributed by atoms with Gasteiger partial charge in [0.25, 0.3) is 5.91 Å². The van der Waals surface area contributed by atoms with Gasteiger partial charge in [0, 0.05) is 0 Å². The molecule has 3 nitrogen and oxygen atoms in total. The molecule has 0 aromatic heterocycles. The molecular weight excluding hydrogens is 216 g/mol. The van der Waals surface area contributed by atoms with Crippen LogP contribution in [0.4, 0.5) is 8.78 Å². The SMILES string of the molecule is O=C(NC1(CO)CC1)c1cccc(F)c1F. The summed E-state index contributed by atoms with van der Waals surface area (Å²) in [5, 5.41) is 11.5. The topological polar surface area (TPSA) is 49.3 Å². The minimum absolute atomic E-state index is 0.185. The van der Waals surface area contributed by atoms with E-state index in [1.165, 1.54) is 12.1 Å². The minimum Gasteiger partial charge on any atom is -0.394 e. The molecule has 0 radical (unpaired) electrons. The van der Waals surface area contributed by atoms with Crippen molar-refractivity contribution in [3.05, 3.63) is 35.4 Å². The monoisotopic (exact) mass is 227 g/mol. The molecule has 0 aliphatic heterocycles. The Labute approximate surface area is 91.1 Å². The van der Waals surface area contributed by atoms with Crippen LogP contribution in [0, 0.1) is 11.6 Å². The minimum atomic E-state index is -1.16. The molecule has 2 N–H and O–H groups in total. The van der Waals surface area contributed by atoms with Crippen LogP contribution in [0.3, 0.4) is 0 Å². The van der Waals surface area contributed by atoms with E-state index in [0.29, 0.717) is 12.8 Å². The molecule has 2 rings (SSSR count). The largest absolute Gasteiger partial charge is 0.394 e. The summed E-state index contributed by atoms with van der Waals surface area (Å²) in [6.07, 6.45) is 1.32. The van der Waals surface area contributed by atoms with Crippen molar-refractivity contribution < 1.29 is 18.7 Å². The van der Waals surface area contributed by atoms with E-state index in [-0.39, 0.29) is 12.2 Å². The molecule has 1 aliphatic carbocycles. The molecule has 1 aromatic rings. The standard InChI is InChI=1S/C11H11F2NO2/c12-8-3-1-2-7(9(8)13)10(16)14-11(6-15)4-5-11/h1-3,15H,4-6H2,(H,14,16). The summed E-state index contributed by atoms with van der Waals surface area (Å²) in [6, 6.07) is 3.43. The average molecular weight is 227 g/mol. The first-order chi connectivity index (χ1) is 7.58. The van der Waals surface area contributed by atoms with Gasteiger partial charge in [0.15, 0.2) is 11.6 Å². The highest BCUT2D eigenvalue weighted by Gasteiger charge is 2.43. The summed E-state index contributed by atoms with van der Waals surface area (Å²) in [7, 11) is 0. The second-order valence-corrected chi connectivity index (χ2v) is 3.99. The normalized spacial score (nSPS) is 16.9. The quantitative estimate of drug-likeness (QED) is 0.815. The van der Waals surface area contributed by atoms with Gasteiger partial charge in [-0.05, 0) is 25.0 Å². The Kier molecular flexibility index (Phi) is 2.63. The number of nitrogens with one attached hydrogen (secondary N) is 1. The van der Waals surface area contributed by atoms with Crippen LogP contribution < -0.4 is 5.32 Å². The number of hydrogen-bond acceptors (Lipinski definition) is 2. The van der Waals surface area contributed by atoms with E-state index in [4.69, 9.17) is 5.11 Å². The first-order valence-electron chi connectivity index (χ1n) is 4.95. The number of amides is 1. The van der Waals surface area contributed by atoms with Gasteiger partial charge in [-0.15, -0.1) is 0 Å². The molecule has 1 fully saturated rings. The smallest absolute Gasteiger partial charge is 0.254 e. The van der Waals surface area contributed by atoms with Gasteiger partial charge in [-0.1, -0.05) is 6.07 Å². The number of aliphatic hydroxyl groups is 1. The Balaban J connectivity index is 2.18. The Hall–Kier alpha value is -1.49. The Morgan fingerprint density at radius 2 is 2.12 bits per heavy atom. The van der Waals surface area contributed by atoms with Crippen molar-refractivity contribution in [2.24, 2.45) is 0 Å². The lowest BCUT2D eigenvalue weighted by Crippen LogP contribution is -2.40. The van der Waals surface area contributed by atoms with Crippen molar-refractivity contribution >= 4 is 5.91 Å². The maximum absolute atomic E-state index is 13.3. The summed E-state index contributed by atoms with van der Waals surface area (Å²) in [5.74, 6) is -2.90. The predicted octanol–water partition coefficient (Wildman–Crippen LogP) is 1.22. The van der Waals surface area contributed by atoms with Gasteiger partial charge in [0.2, 0.25) is 0 Å². The van der Waals surface area contributed by atoms with Gasteiger partial charge in [-0.25, -0.2) is 8.78 Å². The molecule has 1 saturated carbocycles. The molecule has 5 heteroatoms. The number of hydrogen-bond donors (Lipinski definition) is 2. The summed E-state index contributed by atoms with van der Waals surface area (Å²) in [6.45, 7) is -0.185. The molecule has 0 heterocycles. The van der Waals surface area contributed by atoms with E-state index < -0.39 is 23.1 Å². The third kappa shape index (κ3) is 1.90. The number of benzene rings is 1. The highest BCUT2D eigenvalue weighted by atomic mass is 19.2. The summed E-state index contributed by atoms with van der Waals surface area (Å²) in [4.78, 5) is 11.6. The van der Waals surface area contributed by atoms with Gasteiger partial charge in [-0.3, -0.25) is 4.79 Å². The molecule has 0 atom stereocenters. The van der Waals surface area contributed by atoms with E-state index in [1.54, 1.807) is 0 Å². The molecular formula is C11H11F2NO2. The Morgan fingerprint density at radius 3 is 2.69 bits per heavy atom. The highest BCUT2D eigenvalue weighted by molar-refractivity contribution is 5.95. The summed E-state index contributed by atoms with van der Waals surface area (Å²) < 4.78 is 26.1. The maximum atomic E-state index is 13.3. The fraction of sp³-hybridized carbons (Fsp3) is 0.364. The van der Waals surface area contributed by atoms with E-state index in [1.807, 2.05) is 0 Å². The van der Waals surface area contributed by atoms with Crippen molar-refractivity contribution in [3.8, 4) is 0 Å². The molecule has 1 amide bonds. The third-order valence-corrected chi connectivity index (χ3v) is 2.73. The highest BCUT2D eigenvalue weighted by Crippen LogP contribution is 2.34. The van der Waals surface area contributed by atoms with Gasteiger partial charge >= 0.3 is 0 Å². The zero-order chi connectivity index (χ0) is 11.8. The molecule has 0 bridgehead atoms. The van der Waals surface area contributed by atoms with Gasteiger partial charge in [0.05, 0.1) is 17.7 Å². The van der Waals surface area contributed by atoms with Crippen molar-refractivity contribution in [2.45, 2.75) is 18.4 Å². The van der Waals surface area contributed by atoms with Crippen LogP contribution >= 0.6 is 0 Å². The van der Waals surface area contributed by atoms with Crippen LogP contribution in [0.15, 0.2) is 18.2 Å². The van der Waals surface area contributed by atoms with Crippen molar-refractivity contribution in [3.63, 3.8) is 0 Å². The van der Waals surface area contributed by atoms with Crippen LogP contribution in [0.2, 0.25) is 0 Å². The summed E-state index contributed by atoms with van der Waals surface area (Å²) in [5.41, 5.74) is -0.963. The lowest BCUT2D eigenvalue weighted by molar-refractivity contribution is 0.0901. The average Bonchev–Trinajstić information content (AvgIpc) is 3.02. The fourth-order valence-electron chi connectivity index (χ4n) is 1.46. The van der Waals surface area contributed by atoms with Crippen molar-refractivity contribution in [1.82, 2.24) is 5.32 Å². The van der Waals surface area contributed by atoms with Crippen LogP contribution in [-0.4, -0.2) is 23.2 Å². The zero-order valence-electron chi connectivity index (χ0n) is 8.46. The first kappa shape index (κ1) is 11.0. The molecule has 1 aliphatic rings. The van der Waals surface area contributed by atoms with Crippen LogP contribution in [-0.2, 0) is 0 Å². The summed E-state index contributed by atoms with van der Waals surface area (Å²) >= 11 is 0. The molecule has 0 unspecified atom stereocenters. The molecule has 0 spiro atoms. The first-order valence-corrected chi connectivity index (χ1v) is 4.95.